The zero-order valence-electron chi connectivity index (χ0n) is 19.6. The molecule has 0 aliphatic carbocycles. The van der Waals surface area contributed by atoms with E-state index in [0.717, 1.165) is 23.1 Å². The Hall–Kier alpha value is -3.08. The Morgan fingerprint density at radius 1 is 1.06 bits per heavy atom. The maximum atomic E-state index is 13.2. The number of carbonyl (C=O) groups excluding carboxylic acids is 1. The average molecular weight is 500 g/mol. The van der Waals surface area contributed by atoms with Gasteiger partial charge in [-0.1, -0.05) is 0 Å². The first-order valence-electron chi connectivity index (χ1n) is 11.7. The van der Waals surface area contributed by atoms with Crippen molar-refractivity contribution in [1.82, 2.24) is 8.87 Å². The topological polar surface area (TPSA) is 99.1 Å². The van der Waals surface area contributed by atoms with Crippen LogP contribution in [-0.2, 0) is 26.1 Å². The fourth-order valence-electron chi connectivity index (χ4n) is 4.60. The number of piperidine rings is 1. The van der Waals surface area contributed by atoms with Crippen LogP contribution in [0, 0.1) is 5.92 Å². The summed E-state index contributed by atoms with van der Waals surface area (Å²) >= 11 is 0. The second-order valence-corrected chi connectivity index (χ2v) is 10.7. The lowest BCUT2D eigenvalue weighted by Gasteiger charge is -2.30. The lowest BCUT2D eigenvalue weighted by molar-refractivity contribution is -0.120. The number of carbonyl (C=O) groups is 1. The average Bonchev–Trinajstić information content (AvgIpc) is 3.29. The molecule has 0 saturated carbocycles. The van der Waals surface area contributed by atoms with Gasteiger partial charge in [-0.2, -0.15) is 4.31 Å². The minimum absolute atomic E-state index is 0.0838. The smallest absolute Gasteiger partial charge is 0.243 e. The molecule has 0 bridgehead atoms. The molecule has 1 aromatic heterocycles. The van der Waals surface area contributed by atoms with Crippen molar-refractivity contribution in [2.45, 2.75) is 24.3 Å². The van der Waals surface area contributed by atoms with E-state index in [1.807, 2.05) is 30.5 Å². The summed E-state index contributed by atoms with van der Waals surface area (Å²) in [6.07, 6.45) is 2.93. The molecule has 1 N–H and O–H groups in total. The lowest BCUT2D eigenvalue weighted by atomic mass is 9.97. The second-order valence-electron chi connectivity index (χ2n) is 8.75. The summed E-state index contributed by atoms with van der Waals surface area (Å²) in [4.78, 5) is 13.1. The van der Waals surface area contributed by atoms with Crippen molar-refractivity contribution >= 4 is 32.5 Å². The van der Waals surface area contributed by atoms with Crippen LogP contribution < -0.4 is 14.8 Å². The maximum absolute atomic E-state index is 13.2. The Balaban J connectivity index is 1.20. The number of fused-ring (bicyclic) bond motifs is 2. The molecular formula is C25H29N3O6S. The third-order valence-electron chi connectivity index (χ3n) is 6.55. The molecule has 1 saturated heterocycles. The third kappa shape index (κ3) is 4.86. The van der Waals surface area contributed by atoms with Crippen LogP contribution in [0.15, 0.2) is 53.6 Å². The van der Waals surface area contributed by atoms with E-state index in [9.17, 15) is 13.2 Å². The molecule has 2 aliphatic heterocycles. The third-order valence-corrected chi connectivity index (χ3v) is 8.45. The van der Waals surface area contributed by atoms with E-state index in [-0.39, 0.29) is 29.8 Å². The summed E-state index contributed by atoms with van der Waals surface area (Å²) in [5, 5.41) is 4.05. The highest BCUT2D eigenvalue weighted by molar-refractivity contribution is 7.89. The van der Waals surface area contributed by atoms with Crippen LogP contribution in [0.4, 0.5) is 5.69 Å². The first-order chi connectivity index (χ1) is 17.0. The SMILES string of the molecule is COCCn1ccc2cc(NC(=O)C3CCN(S(=O)(=O)c4ccc5c(c4)OCCO5)CC3)ccc21. The Bertz CT molecular complexity index is 1330. The van der Waals surface area contributed by atoms with Gasteiger partial charge in [-0.05, 0) is 49.2 Å². The number of hydrogen-bond acceptors (Lipinski definition) is 6. The number of hydrogen-bond donors (Lipinski definition) is 1. The molecule has 0 atom stereocenters. The van der Waals surface area contributed by atoms with Gasteiger partial charge in [0.2, 0.25) is 15.9 Å². The van der Waals surface area contributed by atoms with Crippen LogP contribution in [-0.4, -0.2) is 63.2 Å². The van der Waals surface area contributed by atoms with Crippen LogP contribution in [0.2, 0.25) is 0 Å². The van der Waals surface area contributed by atoms with Gasteiger partial charge in [-0.3, -0.25) is 4.79 Å². The Morgan fingerprint density at radius 2 is 1.83 bits per heavy atom. The zero-order valence-corrected chi connectivity index (χ0v) is 20.4. The molecule has 0 unspecified atom stereocenters. The van der Waals surface area contributed by atoms with E-state index in [1.54, 1.807) is 19.2 Å². The fourth-order valence-corrected chi connectivity index (χ4v) is 6.08. The summed E-state index contributed by atoms with van der Waals surface area (Å²) in [6, 6.07) is 12.5. The van der Waals surface area contributed by atoms with E-state index in [2.05, 4.69) is 9.88 Å². The number of rotatable bonds is 7. The number of ether oxygens (including phenoxy) is 3. The zero-order chi connectivity index (χ0) is 24.4. The van der Waals surface area contributed by atoms with Crippen molar-refractivity contribution in [3.63, 3.8) is 0 Å². The van der Waals surface area contributed by atoms with Crippen LogP contribution in [0.1, 0.15) is 12.8 Å². The molecule has 0 radical (unpaired) electrons. The molecule has 2 aliphatic rings. The highest BCUT2D eigenvalue weighted by Crippen LogP contribution is 2.34. The van der Waals surface area contributed by atoms with Crippen molar-refractivity contribution < 1.29 is 27.4 Å². The largest absolute Gasteiger partial charge is 0.486 e. The molecule has 1 fully saturated rings. The molecule has 10 heteroatoms. The van der Waals surface area contributed by atoms with Crippen molar-refractivity contribution in [2.75, 3.05) is 45.3 Å². The second kappa shape index (κ2) is 9.88. The van der Waals surface area contributed by atoms with E-state index in [1.165, 1.54) is 10.4 Å². The Labute approximate surface area is 204 Å². The Morgan fingerprint density at radius 3 is 2.60 bits per heavy atom. The van der Waals surface area contributed by atoms with Crippen molar-refractivity contribution in [3.05, 3.63) is 48.7 Å². The highest BCUT2D eigenvalue weighted by Gasteiger charge is 2.33. The van der Waals surface area contributed by atoms with E-state index >= 15 is 0 Å². The van der Waals surface area contributed by atoms with Gasteiger partial charge >= 0.3 is 0 Å². The van der Waals surface area contributed by atoms with Gasteiger partial charge in [-0.25, -0.2) is 8.42 Å². The van der Waals surface area contributed by atoms with Gasteiger partial charge in [0.1, 0.15) is 13.2 Å². The van der Waals surface area contributed by atoms with Gasteiger partial charge in [0.15, 0.2) is 11.5 Å². The predicted molar refractivity (Wildman–Crippen MR) is 131 cm³/mol. The van der Waals surface area contributed by atoms with E-state index in [4.69, 9.17) is 14.2 Å². The highest BCUT2D eigenvalue weighted by atomic mass is 32.2. The number of amides is 1. The van der Waals surface area contributed by atoms with Gasteiger partial charge in [0, 0.05) is 61.5 Å². The number of nitrogens with zero attached hydrogens (tertiary/aromatic N) is 2. The maximum Gasteiger partial charge on any atom is 0.243 e. The number of anilines is 1. The van der Waals surface area contributed by atoms with Gasteiger partial charge in [0.05, 0.1) is 11.5 Å². The summed E-state index contributed by atoms with van der Waals surface area (Å²) in [6.45, 7) is 2.81. The van der Waals surface area contributed by atoms with E-state index < -0.39 is 10.0 Å². The fraction of sp³-hybridized carbons (Fsp3) is 0.400. The number of benzene rings is 2. The van der Waals surface area contributed by atoms with Crippen molar-refractivity contribution in [3.8, 4) is 11.5 Å². The summed E-state index contributed by atoms with van der Waals surface area (Å²) in [5.74, 6) is 0.663. The number of aromatic nitrogens is 1. The summed E-state index contributed by atoms with van der Waals surface area (Å²) in [5.41, 5.74) is 1.82. The van der Waals surface area contributed by atoms with Crippen LogP contribution in [0.3, 0.4) is 0 Å². The molecule has 186 valence electrons. The van der Waals surface area contributed by atoms with Crippen molar-refractivity contribution in [1.29, 1.82) is 0 Å². The molecule has 2 aromatic carbocycles. The first kappa shape index (κ1) is 23.7. The molecular weight excluding hydrogens is 470 g/mol. The molecule has 3 heterocycles. The van der Waals surface area contributed by atoms with E-state index in [0.29, 0.717) is 44.2 Å². The summed E-state index contributed by atoms with van der Waals surface area (Å²) < 4.78 is 46.0. The number of nitrogens with one attached hydrogen (secondary N) is 1. The number of methoxy groups -OCH3 is 1. The molecule has 3 aromatic rings. The van der Waals surface area contributed by atoms with Crippen LogP contribution in [0.25, 0.3) is 10.9 Å². The lowest BCUT2D eigenvalue weighted by Crippen LogP contribution is -2.41. The minimum Gasteiger partial charge on any atom is -0.486 e. The van der Waals surface area contributed by atoms with Gasteiger partial charge in [0.25, 0.3) is 0 Å². The Kier molecular flexibility index (Phi) is 6.68. The molecule has 1 amide bonds. The standard InChI is InChI=1S/C25H29N3O6S/c1-32-13-12-27-9-6-19-16-20(2-4-22(19)27)26-25(29)18-7-10-28(11-8-18)35(30,31)21-3-5-23-24(17-21)34-15-14-33-23/h2-6,9,16-18H,7-8,10-15H2,1H3,(H,26,29). The van der Waals surface area contributed by atoms with Gasteiger partial charge < -0.3 is 24.1 Å². The molecule has 5 rings (SSSR count). The molecule has 9 nitrogen and oxygen atoms in total. The van der Waals surface area contributed by atoms with Crippen molar-refractivity contribution in [2.24, 2.45) is 5.92 Å². The number of sulfonamides is 1. The first-order valence-corrected chi connectivity index (χ1v) is 13.2. The van der Waals surface area contributed by atoms with Crippen LogP contribution in [0.5, 0.6) is 11.5 Å². The normalized spacial score (nSPS) is 16.9. The van der Waals surface area contributed by atoms with Crippen LogP contribution >= 0.6 is 0 Å². The summed E-state index contributed by atoms with van der Waals surface area (Å²) in [7, 11) is -2.00. The minimum atomic E-state index is -3.68. The van der Waals surface area contributed by atoms with Gasteiger partial charge in [-0.15, -0.1) is 0 Å². The molecule has 35 heavy (non-hydrogen) atoms. The quantitative estimate of drug-likeness (QED) is 0.536. The monoisotopic (exact) mass is 499 g/mol. The molecule has 0 spiro atoms. The predicted octanol–water partition coefficient (Wildman–Crippen LogP) is 3.10.